The van der Waals surface area contributed by atoms with E-state index in [9.17, 15) is 9.59 Å². The lowest BCUT2D eigenvalue weighted by Gasteiger charge is -2.40. The highest BCUT2D eigenvalue weighted by Gasteiger charge is 2.37. The summed E-state index contributed by atoms with van der Waals surface area (Å²) >= 11 is 0. The van der Waals surface area contributed by atoms with Crippen LogP contribution in [0, 0.1) is 5.92 Å². The van der Waals surface area contributed by atoms with Crippen molar-refractivity contribution in [2.45, 2.75) is 38.1 Å². The lowest BCUT2D eigenvalue weighted by atomic mass is 9.95. The van der Waals surface area contributed by atoms with Crippen LogP contribution in [0.15, 0.2) is 24.3 Å². The first-order chi connectivity index (χ1) is 14.1. The molecule has 7 nitrogen and oxygen atoms in total. The maximum Gasteiger partial charge on any atom is 0.409 e. The molecule has 1 N–H and O–H groups in total. The molecule has 3 rings (SSSR count). The van der Waals surface area contributed by atoms with Crippen LogP contribution in [0.3, 0.4) is 0 Å². The van der Waals surface area contributed by atoms with E-state index in [2.05, 4.69) is 10.2 Å². The Labute approximate surface area is 173 Å². The number of carbonyl (C=O) groups excluding carboxylic acids is 2. The third kappa shape index (κ3) is 5.63. The number of benzene rings is 1. The number of ether oxygens (including phenoxy) is 2. The van der Waals surface area contributed by atoms with Crippen molar-refractivity contribution in [1.29, 1.82) is 0 Å². The van der Waals surface area contributed by atoms with Crippen molar-refractivity contribution in [2.24, 2.45) is 5.92 Å². The normalized spacial score (nSPS) is 19.0. The highest BCUT2D eigenvalue weighted by Crippen LogP contribution is 2.31. The molecule has 1 aromatic rings. The Bertz CT molecular complexity index is 665. The van der Waals surface area contributed by atoms with Crippen molar-refractivity contribution in [3.63, 3.8) is 0 Å². The molecule has 7 heteroatoms. The molecule has 1 saturated heterocycles. The van der Waals surface area contributed by atoms with E-state index in [4.69, 9.17) is 9.47 Å². The van der Waals surface area contributed by atoms with E-state index in [0.29, 0.717) is 38.6 Å². The number of nitrogens with zero attached hydrogens (tertiary/aromatic N) is 2. The molecule has 0 aromatic heterocycles. The first-order valence-electron chi connectivity index (χ1n) is 10.6. The van der Waals surface area contributed by atoms with Gasteiger partial charge in [-0.25, -0.2) is 4.79 Å². The van der Waals surface area contributed by atoms with Gasteiger partial charge in [0.05, 0.1) is 20.3 Å². The number of methoxy groups -OCH3 is 2. The molecule has 2 amide bonds. The maximum absolute atomic E-state index is 13.1. The second-order valence-corrected chi connectivity index (χ2v) is 7.87. The van der Waals surface area contributed by atoms with E-state index in [1.54, 1.807) is 12.0 Å². The van der Waals surface area contributed by atoms with Gasteiger partial charge >= 0.3 is 6.09 Å². The average molecular weight is 404 g/mol. The number of amides is 2. The summed E-state index contributed by atoms with van der Waals surface area (Å²) in [6.45, 7) is 3.25. The molecule has 1 aliphatic carbocycles. The molecule has 1 aromatic carbocycles. The van der Waals surface area contributed by atoms with Crippen molar-refractivity contribution < 1.29 is 19.1 Å². The molecule has 0 radical (unpaired) electrons. The Morgan fingerprint density at radius 1 is 1.07 bits per heavy atom. The van der Waals surface area contributed by atoms with E-state index < -0.39 is 0 Å². The maximum atomic E-state index is 13.1. The summed E-state index contributed by atoms with van der Waals surface area (Å²) in [5, 5.41) is 3.16. The lowest BCUT2D eigenvalue weighted by Crippen LogP contribution is -2.58. The van der Waals surface area contributed by atoms with Crippen molar-refractivity contribution in [2.75, 3.05) is 46.9 Å². The van der Waals surface area contributed by atoms with E-state index in [1.165, 1.54) is 25.5 Å². The fraction of sp³-hybridized carbons (Fsp3) is 0.636. The molecule has 1 saturated carbocycles. The van der Waals surface area contributed by atoms with Crippen LogP contribution in [0.4, 0.5) is 4.79 Å². The van der Waals surface area contributed by atoms with Gasteiger partial charge in [0.15, 0.2) is 0 Å². The molecule has 1 aliphatic heterocycles. The SMILES string of the molecule is COC(=O)N1CCN(C(C(=O)NCCc2ccc(OC)cc2)C2CCCC2)CC1. The summed E-state index contributed by atoms with van der Waals surface area (Å²) in [5.74, 6) is 1.36. The number of nitrogens with one attached hydrogen (secondary N) is 1. The molecule has 1 atom stereocenters. The van der Waals surface area contributed by atoms with E-state index >= 15 is 0 Å². The van der Waals surface area contributed by atoms with Gasteiger partial charge in [-0.15, -0.1) is 0 Å². The topological polar surface area (TPSA) is 71.1 Å². The zero-order chi connectivity index (χ0) is 20.6. The van der Waals surface area contributed by atoms with Crippen LogP contribution in [-0.4, -0.2) is 74.8 Å². The van der Waals surface area contributed by atoms with Crippen LogP contribution in [0.1, 0.15) is 31.2 Å². The van der Waals surface area contributed by atoms with Crippen molar-refractivity contribution in [3.05, 3.63) is 29.8 Å². The standard InChI is InChI=1S/C22H33N3O4/c1-28-19-9-7-17(8-10-19)11-12-23-21(26)20(18-5-3-4-6-18)24-13-15-25(16-14-24)22(27)29-2/h7-10,18,20H,3-6,11-16H2,1-2H3,(H,23,26). The molecule has 2 aliphatic rings. The van der Waals surface area contributed by atoms with Crippen LogP contribution in [0.5, 0.6) is 5.75 Å². The summed E-state index contributed by atoms with van der Waals surface area (Å²) in [4.78, 5) is 28.8. The minimum atomic E-state index is -0.286. The van der Waals surface area contributed by atoms with Gasteiger partial charge < -0.3 is 19.7 Å². The Balaban J connectivity index is 1.55. The van der Waals surface area contributed by atoms with Crippen LogP contribution in [-0.2, 0) is 16.0 Å². The van der Waals surface area contributed by atoms with Crippen LogP contribution < -0.4 is 10.1 Å². The first-order valence-corrected chi connectivity index (χ1v) is 10.6. The molecule has 0 spiro atoms. The predicted octanol–water partition coefficient (Wildman–Crippen LogP) is 2.30. The van der Waals surface area contributed by atoms with Gasteiger partial charge in [0, 0.05) is 32.7 Å². The smallest absolute Gasteiger partial charge is 0.409 e. The monoisotopic (exact) mass is 403 g/mol. The minimum absolute atomic E-state index is 0.104. The average Bonchev–Trinajstić information content (AvgIpc) is 3.28. The largest absolute Gasteiger partial charge is 0.497 e. The molecule has 2 fully saturated rings. The van der Waals surface area contributed by atoms with Crippen LogP contribution >= 0.6 is 0 Å². The number of carbonyl (C=O) groups is 2. The lowest BCUT2D eigenvalue weighted by molar-refractivity contribution is -0.129. The van der Waals surface area contributed by atoms with Gasteiger partial charge in [0.2, 0.25) is 5.91 Å². The second-order valence-electron chi connectivity index (χ2n) is 7.87. The summed E-state index contributed by atoms with van der Waals surface area (Å²) < 4.78 is 10.0. The van der Waals surface area contributed by atoms with Gasteiger partial charge in [-0.2, -0.15) is 0 Å². The van der Waals surface area contributed by atoms with Gasteiger partial charge in [-0.3, -0.25) is 9.69 Å². The number of rotatable bonds is 7. The summed E-state index contributed by atoms with van der Waals surface area (Å²) in [6.07, 6.45) is 5.11. The zero-order valence-corrected chi connectivity index (χ0v) is 17.6. The molecule has 1 unspecified atom stereocenters. The predicted molar refractivity (Wildman–Crippen MR) is 111 cm³/mol. The Hall–Kier alpha value is -2.28. The van der Waals surface area contributed by atoms with Crippen LogP contribution in [0.25, 0.3) is 0 Å². The third-order valence-corrected chi connectivity index (χ3v) is 6.13. The van der Waals surface area contributed by atoms with Crippen molar-refractivity contribution in [1.82, 2.24) is 15.1 Å². The van der Waals surface area contributed by atoms with E-state index in [1.807, 2.05) is 24.3 Å². The number of hydrogen-bond acceptors (Lipinski definition) is 5. The van der Waals surface area contributed by atoms with Crippen LogP contribution in [0.2, 0.25) is 0 Å². The Kier molecular flexibility index (Phi) is 7.75. The van der Waals surface area contributed by atoms with Gasteiger partial charge in [-0.05, 0) is 42.9 Å². The highest BCUT2D eigenvalue weighted by atomic mass is 16.5. The fourth-order valence-electron chi connectivity index (χ4n) is 4.49. The molecular weight excluding hydrogens is 370 g/mol. The van der Waals surface area contributed by atoms with Gasteiger partial charge in [0.1, 0.15) is 5.75 Å². The van der Waals surface area contributed by atoms with Gasteiger partial charge in [-0.1, -0.05) is 25.0 Å². The first kappa shape index (κ1) is 21.4. The van der Waals surface area contributed by atoms with E-state index in [-0.39, 0.29) is 18.0 Å². The van der Waals surface area contributed by atoms with Crippen molar-refractivity contribution in [3.8, 4) is 5.75 Å². The highest BCUT2D eigenvalue weighted by molar-refractivity contribution is 5.82. The van der Waals surface area contributed by atoms with Crippen molar-refractivity contribution >= 4 is 12.0 Å². The fourth-order valence-corrected chi connectivity index (χ4v) is 4.49. The quantitative estimate of drug-likeness (QED) is 0.756. The summed E-state index contributed by atoms with van der Waals surface area (Å²) in [5.41, 5.74) is 1.18. The molecule has 29 heavy (non-hydrogen) atoms. The Morgan fingerprint density at radius 2 is 1.72 bits per heavy atom. The Morgan fingerprint density at radius 3 is 2.31 bits per heavy atom. The molecule has 0 bridgehead atoms. The molecule has 160 valence electrons. The van der Waals surface area contributed by atoms with Gasteiger partial charge in [0.25, 0.3) is 0 Å². The summed E-state index contributed by atoms with van der Waals surface area (Å²) in [6, 6.07) is 7.85. The number of piperazine rings is 1. The third-order valence-electron chi connectivity index (χ3n) is 6.13. The number of hydrogen-bond donors (Lipinski definition) is 1. The molecule has 1 heterocycles. The zero-order valence-electron chi connectivity index (χ0n) is 17.6. The summed E-state index contributed by atoms with van der Waals surface area (Å²) in [7, 11) is 3.07. The second kappa shape index (κ2) is 10.5. The molecular formula is C22H33N3O4. The van der Waals surface area contributed by atoms with E-state index in [0.717, 1.165) is 25.0 Å². The minimum Gasteiger partial charge on any atom is -0.497 e.